The van der Waals surface area contributed by atoms with Crippen LogP contribution in [0.1, 0.15) is 10.4 Å². The highest BCUT2D eigenvalue weighted by atomic mass is 127. The molecule has 0 aliphatic heterocycles. The fraction of sp³-hybridized carbons (Fsp3) is 0. The average Bonchev–Trinajstić information content (AvgIpc) is 2.46. The first kappa shape index (κ1) is 18.5. The van der Waals surface area contributed by atoms with Gasteiger partial charge in [-0.3, -0.25) is 0 Å². The van der Waals surface area contributed by atoms with Gasteiger partial charge in [0.2, 0.25) is 0 Å². The SMILES string of the molecule is Nc1cnc(Br)cn1.O=C(O)c1c(F)c(F)c(I)c(F)c1F. The summed E-state index contributed by atoms with van der Waals surface area (Å²) in [5.41, 5.74) is 3.61. The van der Waals surface area contributed by atoms with E-state index in [1.807, 2.05) is 0 Å². The van der Waals surface area contributed by atoms with Crippen LogP contribution in [0.2, 0.25) is 0 Å². The van der Waals surface area contributed by atoms with Gasteiger partial charge in [0.1, 0.15) is 16.0 Å². The lowest BCUT2D eigenvalue weighted by Crippen LogP contribution is -2.11. The molecule has 5 nitrogen and oxygen atoms in total. The molecular weight excluding hydrogens is 489 g/mol. The van der Waals surface area contributed by atoms with E-state index in [2.05, 4.69) is 25.9 Å². The average molecular weight is 494 g/mol. The maximum atomic E-state index is 12.8. The summed E-state index contributed by atoms with van der Waals surface area (Å²) in [6.45, 7) is 0. The predicted molar refractivity (Wildman–Crippen MR) is 80.1 cm³/mol. The Morgan fingerprint density at radius 2 is 1.59 bits per heavy atom. The van der Waals surface area contributed by atoms with Crippen molar-refractivity contribution in [1.82, 2.24) is 9.97 Å². The maximum Gasteiger partial charge on any atom is 0.341 e. The van der Waals surface area contributed by atoms with Gasteiger partial charge in [-0.1, -0.05) is 0 Å². The fourth-order valence-corrected chi connectivity index (χ4v) is 1.79. The molecule has 2 aromatic rings. The third-order valence-corrected chi connectivity index (χ3v) is 3.42. The van der Waals surface area contributed by atoms with E-state index in [1.165, 1.54) is 6.20 Å². The lowest BCUT2D eigenvalue weighted by atomic mass is 10.2. The van der Waals surface area contributed by atoms with Gasteiger partial charge in [-0.05, 0) is 38.5 Å². The molecule has 1 heterocycles. The summed E-state index contributed by atoms with van der Waals surface area (Å²) in [5.74, 6) is -8.84. The number of carboxylic acids is 1. The number of benzene rings is 1. The van der Waals surface area contributed by atoms with Crippen LogP contribution in [0.25, 0.3) is 0 Å². The number of nitrogen functional groups attached to an aromatic ring is 1. The molecule has 11 heteroatoms. The summed E-state index contributed by atoms with van der Waals surface area (Å²) in [4.78, 5) is 17.8. The first-order valence-electron chi connectivity index (χ1n) is 5.14. The van der Waals surface area contributed by atoms with Crippen LogP contribution in [-0.2, 0) is 0 Å². The zero-order valence-electron chi connectivity index (χ0n) is 10.2. The van der Waals surface area contributed by atoms with Crippen molar-refractivity contribution in [2.75, 3.05) is 5.73 Å². The van der Waals surface area contributed by atoms with E-state index >= 15 is 0 Å². The molecule has 0 unspecified atom stereocenters. The van der Waals surface area contributed by atoms with Crippen molar-refractivity contribution in [3.05, 3.63) is 49.4 Å². The Morgan fingerprint density at radius 1 is 1.09 bits per heavy atom. The molecule has 118 valence electrons. The van der Waals surface area contributed by atoms with E-state index in [9.17, 15) is 22.4 Å². The van der Waals surface area contributed by atoms with E-state index < -0.39 is 38.4 Å². The van der Waals surface area contributed by atoms with E-state index in [0.717, 1.165) is 22.6 Å². The number of hydrogen-bond acceptors (Lipinski definition) is 4. The van der Waals surface area contributed by atoms with Crippen molar-refractivity contribution in [3.8, 4) is 0 Å². The first-order chi connectivity index (χ1) is 10.2. The fourth-order valence-electron chi connectivity index (χ4n) is 1.11. The molecule has 0 bridgehead atoms. The summed E-state index contributed by atoms with van der Waals surface area (Å²) in [7, 11) is 0. The van der Waals surface area contributed by atoms with Crippen LogP contribution in [0, 0.1) is 26.8 Å². The number of nitrogens with zero attached hydrogens (tertiary/aromatic N) is 2. The van der Waals surface area contributed by atoms with Gasteiger partial charge in [0.15, 0.2) is 23.3 Å². The summed E-state index contributed by atoms with van der Waals surface area (Å²) in [5, 5.41) is 8.27. The second kappa shape index (κ2) is 7.67. The molecule has 22 heavy (non-hydrogen) atoms. The highest BCUT2D eigenvalue weighted by Crippen LogP contribution is 2.25. The maximum absolute atomic E-state index is 12.8. The largest absolute Gasteiger partial charge is 0.477 e. The Kier molecular flexibility index (Phi) is 6.47. The molecule has 2 rings (SSSR count). The normalized spacial score (nSPS) is 9.91. The lowest BCUT2D eigenvalue weighted by Gasteiger charge is -2.04. The van der Waals surface area contributed by atoms with Gasteiger partial charge in [0.25, 0.3) is 0 Å². The van der Waals surface area contributed by atoms with Crippen molar-refractivity contribution < 1.29 is 27.5 Å². The summed E-state index contributed by atoms with van der Waals surface area (Å²) in [6, 6.07) is 0. The molecule has 0 spiro atoms. The number of aromatic carboxylic acids is 1. The van der Waals surface area contributed by atoms with E-state index in [0.29, 0.717) is 10.4 Å². The molecular formula is C11H5BrF4IN3O2. The van der Waals surface area contributed by atoms with Gasteiger partial charge in [-0.25, -0.2) is 32.3 Å². The van der Waals surface area contributed by atoms with Crippen molar-refractivity contribution in [3.63, 3.8) is 0 Å². The quantitative estimate of drug-likeness (QED) is 0.275. The predicted octanol–water partition coefficient (Wildman–Crippen LogP) is 3.37. The van der Waals surface area contributed by atoms with Gasteiger partial charge >= 0.3 is 5.97 Å². The highest BCUT2D eigenvalue weighted by molar-refractivity contribution is 14.1. The Morgan fingerprint density at radius 3 is 1.91 bits per heavy atom. The smallest absolute Gasteiger partial charge is 0.341 e. The van der Waals surface area contributed by atoms with E-state index in [4.69, 9.17) is 10.8 Å². The number of anilines is 1. The van der Waals surface area contributed by atoms with Crippen LogP contribution < -0.4 is 5.73 Å². The van der Waals surface area contributed by atoms with Gasteiger partial charge in [0.05, 0.1) is 16.0 Å². The number of aromatic nitrogens is 2. The molecule has 3 N–H and O–H groups in total. The van der Waals surface area contributed by atoms with Crippen LogP contribution in [0.3, 0.4) is 0 Å². The Balaban J connectivity index is 0.000000255. The molecule has 0 aliphatic rings. The number of carbonyl (C=O) groups is 1. The van der Waals surface area contributed by atoms with Crippen molar-refractivity contribution in [1.29, 1.82) is 0 Å². The number of rotatable bonds is 1. The lowest BCUT2D eigenvalue weighted by molar-refractivity contribution is 0.0683. The van der Waals surface area contributed by atoms with E-state index in [1.54, 1.807) is 6.20 Å². The molecule has 0 saturated carbocycles. The minimum absolute atomic E-state index is 0.438. The standard InChI is InChI=1S/C7HF4IO2.C4H4BrN3/c8-2-1(7(13)14)3(9)5(11)6(12)4(2)10;5-3-1-8-4(6)2-7-3/h(H,13,14);1-2H,(H2,6,8). The van der Waals surface area contributed by atoms with Crippen LogP contribution in [-0.4, -0.2) is 21.0 Å². The van der Waals surface area contributed by atoms with Crippen molar-refractivity contribution in [2.24, 2.45) is 0 Å². The van der Waals surface area contributed by atoms with Crippen LogP contribution in [0.15, 0.2) is 17.0 Å². The molecule has 1 aromatic heterocycles. The third kappa shape index (κ3) is 4.25. The minimum Gasteiger partial charge on any atom is -0.477 e. The van der Waals surface area contributed by atoms with Gasteiger partial charge in [-0.15, -0.1) is 0 Å². The summed E-state index contributed by atoms with van der Waals surface area (Å²) < 4.78 is 50.8. The second-order valence-electron chi connectivity index (χ2n) is 3.51. The van der Waals surface area contributed by atoms with Crippen LogP contribution >= 0.6 is 38.5 Å². The van der Waals surface area contributed by atoms with E-state index in [-0.39, 0.29) is 0 Å². The Labute approximate surface area is 142 Å². The first-order valence-corrected chi connectivity index (χ1v) is 7.01. The highest BCUT2D eigenvalue weighted by Gasteiger charge is 2.27. The number of nitrogens with two attached hydrogens (primary N) is 1. The molecule has 0 atom stereocenters. The molecule has 1 aromatic carbocycles. The zero-order valence-corrected chi connectivity index (χ0v) is 14.0. The minimum atomic E-state index is -2.06. The van der Waals surface area contributed by atoms with Gasteiger partial charge in [0, 0.05) is 0 Å². The second-order valence-corrected chi connectivity index (χ2v) is 5.41. The Hall–Kier alpha value is -1.50. The van der Waals surface area contributed by atoms with Crippen LogP contribution in [0.4, 0.5) is 23.4 Å². The molecule has 0 fully saturated rings. The summed E-state index contributed by atoms with van der Waals surface area (Å²) >= 11 is 4.15. The number of hydrogen-bond donors (Lipinski definition) is 2. The summed E-state index contributed by atoms with van der Waals surface area (Å²) in [6.07, 6.45) is 3.04. The molecule has 0 radical (unpaired) electrons. The third-order valence-electron chi connectivity index (χ3n) is 2.06. The topological polar surface area (TPSA) is 89.1 Å². The van der Waals surface area contributed by atoms with Crippen molar-refractivity contribution >= 4 is 50.3 Å². The van der Waals surface area contributed by atoms with Crippen LogP contribution in [0.5, 0.6) is 0 Å². The monoisotopic (exact) mass is 493 g/mol. The molecule has 0 aliphatic carbocycles. The number of halogens is 6. The zero-order chi connectivity index (χ0) is 17.0. The molecule has 0 amide bonds. The van der Waals surface area contributed by atoms with Gasteiger partial charge < -0.3 is 10.8 Å². The molecule has 0 saturated heterocycles. The Bertz CT molecular complexity index is 665. The van der Waals surface area contributed by atoms with Crippen molar-refractivity contribution in [2.45, 2.75) is 0 Å². The number of carboxylic acid groups (broad SMARTS) is 1. The van der Waals surface area contributed by atoms with Gasteiger partial charge in [-0.2, -0.15) is 0 Å².